The Morgan fingerprint density at radius 1 is 1.50 bits per heavy atom. The Morgan fingerprint density at radius 3 is 2.44 bits per heavy atom. The molecule has 0 spiro atoms. The number of rotatable bonds is 3. The number of carbonyl (C=O) groups excluding carboxylic acids is 1. The molecule has 1 atom stereocenters. The summed E-state index contributed by atoms with van der Waals surface area (Å²) in [6.45, 7) is 10.6. The second-order valence-corrected chi connectivity index (χ2v) is 5.73. The second-order valence-electron chi connectivity index (χ2n) is 5.73. The predicted octanol–water partition coefficient (Wildman–Crippen LogP) is 2.04. The Kier molecular flexibility index (Phi) is 5.27. The SMILES string of the molecule is CCC(C)(C)C(=O)N1CCC(C)(CN)C1.Cl. The van der Waals surface area contributed by atoms with Gasteiger partial charge in [0.1, 0.15) is 0 Å². The van der Waals surface area contributed by atoms with E-state index in [1.165, 1.54) is 0 Å². The van der Waals surface area contributed by atoms with Gasteiger partial charge in [-0.2, -0.15) is 0 Å². The van der Waals surface area contributed by atoms with Crippen molar-refractivity contribution in [2.75, 3.05) is 19.6 Å². The van der Waals surface area contributed by atoms with E-state index in [1.807, 2.05) is 18.7 Å². The van der Waals surface area contributed by atoms with Crippen LogP contribution < -0.4 is 5.73 Å². The van der Waals surface area contributed by atoms with Crippen LogP contribution >= 0.6 is 12.4 Å². The Hall–Kier alpha value is -0.280. The summed E-state index contributed by atoms with van der Waals surface area (Å²) in [7, 11) is 0. The standard InChI is InChI=1S/C12H24N2O.ClH/c1-5-11(2,3)10(15)14-7-6-12(4,8-13)9-14;/h5-9,13H2,1-4H3;1H. The highest BCUT2D eigenvalue weighted by molar-refractivity contribution is 5.85. The minimum Gasteiger partial charge on any atom is -0.342 e. The zero-order valence-corrected chi connectivity index (χ0v) is 11.7. The third-order valence-electron chi connectivity index (χ3n) is 3.80. The zero-order valence-electron chi connectivity index (χ0n) is 10.9. The van der Waals surface area contributed by atoms with Crippen LogP contribution in [0.3, 0.4) is 0 Å². The van der Waals surface area contributed by atoms with E-state index in [0.717, 1.165) is 25.9 Å². The first-order valence-electron chi connectivity index (χ1n) is 5.84. The average Bonchev–Trinajstić information content (AvgIpc) is 2.60. The number of hydrogen-bond acceptors (Lipinski definition) is 2. The van der Waals surface area contributed by atoms with E-state index in [2.05, 4.69) is 13.8 Å². The van der Waals surface area contributed by atoms with Crippen LogP contribution in [0.5, 0.6) is 0 Å². The molecule has 1 aliphatic rings. The van der Waals surface area contributed by atoms with Crippen molar-refractivity contribution in [3.63, 3.8) is 0 Å². The molecule has 0 aromatic rings. The van der Waals surface area contributed by atoms with Gasteiger partial charge in [-0.25, -0.2) is 0 Å². The Balaban J connectivity index is 0.00000225. The lowest BCUT2D eigenvalue weighted by atomic mass is 9.88. The Morgan fingerprint density at radius 2 is 2.06 bits per heavy atom. The van der Waals surface area contributed by atoms with E-state index in [1.54, 1.807) is 0 Å². The third kappa shape index (κ3) is 3.11. The van der Waals surface area contributed by atoms with Gasteiger partial charge >= 0.3 is 0 Å². The summed E-state index contributed by atoms with van der Waals surface area (Å²) in [5, 5.41) is 0. The van der Waals surface area contributed by atoms with Crippen molar-refractivity contribution in [1.82, 2.24) is 4.90 Å². The first kappa shape index (κ1) is 15.7. The van der Waals surface area contributed by atoms with Gasteiger partial charge in [-0.05, 0) is 24.8 Å². The fourth-order valence-electron chi connectivity index (χ4n) is 1.94. The monoisotopic (exact) mass is 248 g/mol. The molecule has 1 fully saturated rings. The van der Waals surface area contributed by atoms with Crippen molar-refractivity contribution >= 4 is 18.3 Å². The molecule has 1 heterocycles. The number of hydrogen-bond donors (Lipinski definition) is 1. The van der Waals surface area contributed by atoms with E-state index in [0.29, 0.717) is 6.54 Å². The maximum absolute atomic E-state index is 12.2. The quantitative estimate of drug-likeness (QED) is 0.831. The summed E-state index contributed by atoms with van der Waals surface area (Å²) >= 11 is 0. The highest BCUT2D eigenvalue weighted by atomic mass is 35.5. The largest absolute Gasteiger partial charge is 0.342 e. The van der Waals surface area contributed by atoms with Gasteiger partial charge in [-0.15, -0.1) is 12.4 Å². The summed E-state index contributed by atoms with van der Waals surface area (Å²) in [6.07, 6.45) is 1.93. The van der Waals surface area contributed by atoms with Crippen LogP contribution in [0.2, 0.25) is 0 Å². The third-order valence-corrected chi connectivity index (χ3v) is 3.80. The molecule has 1 unspecified atom stereocenters. The number of nitrogens with two attached hydrogens (primary N) is 1. The van der Waals surface area contributed by atoms with Gasteiger partial charge in [-0.1, -0.05) is 27.7 Å². The van der Waals surface area contributed by atoms with E-state index < -0.39 is 0 Å². The van der Waals surface area contributed by atoms with Crippen molar-refractivity contribution in [2.45, 2.75) is 40.5 Å². The van der Waals surface area contributed by atoms with Gasteiger partial charge in [0.15, 0.2) is 0 Å². The number of amides is 1. The Labute approximate surface area is 105 Å². The number of carbonyl (C=O) groups is 1. The fraction of sp³-hybridized carbons (Fsp3) is 0.917. The molecule has 4 heteroatoms. The van der Waals surface area contributed by atoms with Gasteiger partial charge in [0.25, 0.3) is 0 Å². The van der Waals surface area contributed by atoms with E-state index in [4.69, 9.17) is 5.73 Å². The van der Waals surface area contributed by atoms with Crippen LogP contribution in [-0.2, 0) is 4.79 Å². The van der Waals surface area contributed by atoms with Crippen LogP contribution in [0.4, 0.5) is 0 Å². The average molecular weight is 249 g/mol. The van der Waals surface area contributed by atoms with Gasteiger partial charge in [0, 0.05) is 18.5 Å². The lowest BCUT2D eigenvalue weighted by molar-refractivity contribution is -0.139. The lowest BCUT2D eigenvalue weighted by Gasteiger charge is -2.29. The smallest absolute Gasteiger partial charge is 0.228 e. The van der Waals surface area contributed by atoms with Crippen molar-refractivity contribution < 1.29 is 4.79 Å². The molecule has 1 saturated heterocycles. The van der Waals surface area contributed by atoms with Crippen molar-refractivity contribution in [3.05, 3.63) is 0 Å². The number of likely N-dealkylation sites (tertiary alicyclic amines) is 1. The minimum absolute atomic E-state index is 0. The summed E-state index contributed by atoms with van der Waals surface area (Å²) < 4.78 is 0. The van der Waals surface area contributed by atoms with Gasteiger partial charge in [0.2, 0.25) is 5.91 Å². The lowest BCUT2D eigenvalue weighted by Crippen LogP contribution is -2.41. The van der Waals surface area contributed by atoms with Crippen LogP contribution in [0.1, 0.15) is 40.5 Å². The van der Waals surface area contributed by atoms with Crippen molar-refractivity contribution in [2.24, 2.45) is 16.6 Å². The summed E-state index contributed by atoms with van der Waals surface area (Å²) in [6, 6.07) is 0. The fourth-order valence-corrected chi connectivity index (χ4v) is 1.94. The molecule has 1 aliphatic heterocycles. The summed E-state index contributed by atoms with van der Waals surface area (Å²) in [5.41, 5.74) is 5.65. The predicted molar refractivity (Wildman–Crippen MR) is 69.7 cm³/mol. The molecule has 3 nitrogen and oxygen atoms in total. The molecule has 1 rings (SSSR count). The Bertz CT molecular complexity index is 255. The molecule has 0 bridgehead atoms. The molecule has 0 aromatic carbocycles. The highest BCUT2D eigenvalue weighted by Crippen LogP contribution is 2.32. The van der Waals surface area contributed by atoms with E-state index >= 15 is 0 Å². The van der Waals surface area contributed by atoms with Crippen molar-refractivity contribution in [3.8, 4) is 0 Å². The molecule has 1 amide bonds. The molecule has 0 aliphatic carbocycles. The molecular weight excluding hydrogens is 224 g/mol. The maximum atomic E-state index is 12.2. The highest BCUT2D eigenvalue weighted by Gasteiger charge is 2.39. The van der Waals surface area contributed by atoms with Crippen LogP contribution in [0.25, 0.3) is 0 Å². The van der Waals surface area contributed by atoms with Crippen LogP contribution in [0, 0.1) is 10.8 Å². The molecular formula is C12H25ClN2O. The van der Waals surface area contributed by atoms with Crippen LogP contribution in [0.15, 0.2) is 0 Å². The summed E-state index contributed by atoms with van der Waals surface area (Å²) in [5.74, 6) is 0.280. The van der Waals surface area contributed by atoms with Crippen molar-refractivity contribution in [1.29, 1.82) is 0 Å². The second kappa shape index (κ2) is 5.37. The maximum Gasteiger partial charge on any atom is 0.228 e. The molecule has 96 valence electrons. The normalized spacial score (nSPS) is 25.4. The van der Waals surface area contributed by atoms with Gasteiger partial charge < -0.3 is 10.6 Å². The minimum atomic E-state index is -0.222. The zero-order chi connectivity index (χ0) is 11.7. The molecule has 0 radical (unpaired) electrons. The first-order valence-corrected chi connectivity index (χ1v) is 5.84. The topological polar surface area (TPSA) is 46.3 Å². The number of nitrogens with zero attached hydrogens (tertiary/aromatic N) is 1. The van der Waals surface area contributed by atoms with Crippen LogP contribution in [-0.4, -0.2) is 30.4 Å². The van der Waals surface area contributed by atoms with Gasteiger partial charge in [-0.3, -0.25) is 4.79 Å². The molecule has 0 saturated carbocycles. The molecule has 0 aromatic heterocycles. The van der Waals surface area contributed by atoms with E-state index in [9.17, 15) is 4.79 Å². The molecule has 2 N–H and O–H groups in total. The summed E-state index contributed by atoms with van der Waals surface area (Å²) in [4.78, 5) is 14.2. The number of halogens is 1. The van der Waals surface area contributed by atoms with E-state index in [-0.39, 0.29) is 29.1 Å². The first-order chi connectivity index (χ1) is 6.84. The molecule has 16 heavy (non-hydrogen) atoms. The van der Waals surface area contributed by atoms with Gasteiger partial charge in [0.05, 0.1) is 0 Å².